The fraction of sp³-hybridized carbons (Fsp3) is 0.182. The van der Waals surface area contributed by atoms with Crippen LogP contribution in [-0.4, -0.2) is 33.2 Å². The third-order valence-corrected chi connectivity index (χ3v) is 4.92. The number of benzene rings is 2. The van der Waals surface area contributed by atoms with Crippen LogP contribution in [0.5, 0.6) is 5.75 Å². The van der Waals surface area contributed by atoms with E-state index in [1.165, 1.54) is 6.08 Å². The van der Waals surface area contributed by atoms with Crippen molar-refractivity contribution in [1.29, 1.82) is 0 Å². The quantitative estimate of drug-likeness (QED) is 0.489. The number of amides is 1. The number of carbonyl (C=O) groups is 1. The van der Waals surface area contributed by atoms with Crippen LogP contribution in [-0.2, 0) is 4.79 Å². The summed E-state index contributed by atoms with van der Waals surface area (Å²) in [6.45, 7) is 0. The molecule has 0 spiro atoms. The Balaban J connectivity index is 1.31. The number of hydrogen-bond acceptors (Lipinski definition) is 6. The van der Waals surface area contributed by atoms with E-state index in [1.807, 2.05) is 53.2 Å². The molecule has 0 unspecified atom stereocenters. The van der Waals surface area contributed by atoms with Gasteiger partial charge in [-0.2, -0.15) is 0 Å². The molecule has 0 bridgehead atoms. The van der Waals surface area contributed by atoms with Gasteiger partial charge in [-0.25, -0.2) is 4.68 Å². The summed E-state index contributed by atoms with van der Waals surface area (Å²) in [5.41, 5.74) is 2.18. The molecule has 1 saturated carbocycles. The average Bonchev–Trinajstić information content (AvgIpc) is 3.33. The third-order valence-electron chi connectivity index (χ3n) is 4.92. The zero-order chi connectivity index (χ0) is 20.5. The van der Waals surface area contributed by atoms with Gasteiger partial charge in [0, 0.05) is 22.7 Å². The monoisotopic (exact) mass is 401 g/mol. The number of hydrogen-bond donors (Lipinski definition) is 1. The number of nitrogens with zero attached hydrogens (tertiary/aromatic N) is 4. The standard InChI is InChI=1S/C22H19N5O3/c1-29-19-7-3-4-14-13-18(30-21(14)19)10-11-20(28)23-16-6-2-5-15(12-16)22-24-25-26-27(22)17-8-9-17/h2-7,10-13,17H,8-9H2,1H3,(H,23,28)/b11-10+. The van der Waals surface area contributed by atoms with Gasteiger partial charge < -0.3 is 14.5 Å². The van der Waals surface area contributed by atoms with Crippen LogP contribution in [0.4, 0.5) is 5.69 Å². The van der Waals surface area contributed by atoms with Gasteiger partial charge in [0.2, 0.25) is 5.91 Å². The Morgan fingerprint density at radius 3 is 2.93 bits per heavy atom. The molecule has 1 aliphatic rings. The smallest absolute Gasteiger partial charge is 0.248 e. The molecule has 0 aliphatic heterocycles. The average molecular weight is 401 g/mol. The number of furan rings is 1. The first-order valence-corrected chi connectivity index (χ1v) is 9.65. The third kappa shape index (κ3) is 3.55. The van der Waals surface area contributed by atoms with Crippen molar-refractivity contribution in [3.8, 4) is 17.1 Å². The summed E-state index contributed by atoms with van der Waals surface area (Å²) in [7, 11) is 1.59. The number of nitrogens with one attached hydrogen (secondary N) is 1. The first kappa shape index (κ1) is 18.1. The van der Waals surface area contributed by atoms with Crippen LogP contribution >= 0.6 is 0 Å². The summed E-state index contributed by atoms with van der Waals surface area (Å²) in [6, 6.07) is 15.4. The van der Waals surface area contributed by atoms with Crippen LogP contribution in [0.1, 0.15) is 24.6 Å². The highest BCUT2D eigenvalue weighted by Gasteiger charge is 2.28. The fourth-order valence-electron chi connectivity index (χ4n) is 3.33. The number of methoxy groups -OCH3 is 1. The van der Waals surface area contributed by atoms with Gasteiger partial charge >= 0.3 is 0 Å². The molecule has 5 rings (SSSR count). The predicted octanol–water partition coefficient (Wildman–Crippen LogP) is 4.08. The van der Waals surface area contributed by atoms with Gasteiger partial charge in [0.05, 0.1) is 13.2 Å². The van der Waals surface area contributed by atoms with Gasteiger partial charge in [-0.15, -0.1) is 5.10 Å². The molecule has 150 valence electrons. The molecule has 1 N–H and O–H groups in total. The van der Waals surface area contributed by atoms with E-state index in [-0.39, 0.29) is 5.91 Å². The molecule has 1 aliphatic carbocycles. The van der Waals surface area contributed by atoms with Gasteiger partial charge in [0.25, 0.3) is 0 Å². The molecule has 30 heavy (non-hydrogen) atoms. The van der Waals surface area contributed by atoms with Crippen molar-refractivity contribution in [3.05, 3.63) is 60.4 Å². The van der Waals surface area contributed by atoms with E-state index in [0.29, 0.717) is 34.6 Å². The highest BCUT2D eigenvalue weighted by atomic mass is 16.5. The lowest BCUT2D eigenvalue weighted by Crippen LogP contribution is -2.08. The van der Waals surface area contributed by atoms with Gasteiger partial charge in [-0.1, -0.05) is 24.3 Å². The topological polar surface area (TPSA) is 95.1 Å². The van der Waals surface area contributed by atoms with Gasteiger partial charge in [0.15, 0.2) is 17.2 Å². The van der Waals surface area contributed by atoms with Gasteiger partial charge in [0.1, 0.15) is 5.76 Å². The molecule has 8 nitrogen and oxygen atoms in total. The van der Waals surface area contributed by atoms with Crippen molar-refractivity contribution >= 4 is 28.6 Å². The second-order valence-corrected chi connectivity index (χ2v) is 7.11. The van der Waals surface area contributed by atoms with Gasteiger partial charge in [-0.3, -0.25) is 4.79 Å². The SMILES string of the molecule is COc1cccc2cc(/C=C/C(=O)Nc3cccc(-c4nnnn4C4CC4)c3)oc12. The molecule has 4 aromatic rings. The normalized spacial score (nSPS) is 13.8. The van der Waals surface area contributed by atoms with Crippen molar-refractivity contribution in [2.24, 2.45) is 0 Å². The Hall–Kier alpha value is -3.94. The maximum Gasteiger partial charge on any atom is 0.248 e. The van der Waals surface area contributed by atoms with Crippen molar-refractivity contribution in [2.45, 2.75) is 18.9 Å². The molecule has 2 aromatic heterocycles. The summed E-state index contributed by atoms with van der Waals surface area (Å²) < 4.78 is 12.9. The van der Waals surface area contributed by atoms with Crippen molar-refractivity contribution in [1.82, 2.24) is 20.2 Å². The molecule has 2 aromatic carbocycles. The number of rotatable bonds is 6. The maximum absolute atomic E-state index is 12.4. The number of carbonyl (C=O) groups excluding carboxylic acids is 1. The van der Waals surface area contributed by atoms with E-state index in [1.54, 1.807) is 13.2 Å². The molecule has 0 radical (unpaired) electrons. The highest BCUT2D eigenvalue weighted by molar-refractivity contribution is 6.02. The molecule has 0 saturated heterocycles. The largest absolute Gasteiger partial charge is 0.493 e. The van der Waals surface area contributed by atoms with Crippen LogP contribution in [0, 0.1) is 0 Å². The zero-order valence-electron chi connectivity index (χ0n) is 16.3. The lowest BCUT2D eigenvalue weighted by Gasteiger charge is -2.06. The maximum atomic E-state index is 12.4. The van der Waals surface area contributed by atoms with Crippen LogP contribution < -0.4 is 10.1 Å². The molecule has 0 atom stereocenters. The van der Waals surface area contributed by atoms with Crippen LogP contribution in [0.3, 0.4) is 0 Å². The first-order valence-electron chi connectivity index (χ1n) is 9.65. The number of para-hydroxylation sites is 1. The van der Waals surface area contributed by atoms with E-state index in [4.69, 9.17) is 9.15 Å². The first-order chi connectivity index (χ1) is 14.7. The van der Waals surface area contributed by atoms with Gasteiger partial charge in [-0.05, 0) is 53.6 Å². The molecular formula is C22H19N5O3. The molecule has 1 amide bonds. The Bertz CT molecular complexity index is 1250. The Morgan fingerprint density at radius 1 is 1.23 bits per heavy atom. The van der Waals surface area contributed by atoms with Crippen LogP contribution in [0.15, 0.2) is 59.0 Å². The Morgan fingerprint density at radius 2 is 2.10 bits per heavy atom. The molecule has 8 heteroatoms. The molecular weight excluding hydrogens is 382 g/mol. The minimum atomic E-state index is -0.263. The van der Waals surface area contributed by atoms with Crippen molar-refractivity contribution in [2.75, 3.05) is 12.4 Å². The van der Waals surface area contributed by atoms with E-state index < -0.39 is 0 Å². The summed E-state index contributed by atoms with van der Waals surface area (Å²) in [6.07, 6.45) is 5.25. The zero-order valence-corrected chi connectivity index (χ0v) is 16.3. The number of aromatic nitrogens is 4. The number of ether oxygens (including phenoxy) is 1. The van der Waals surface area contributed by atoms with E-state index >= 15 is 0 Å². The lowest BCUT2D eigenvalue weighted by atomic mass is 10.2. The fourth-order valence-corrected chi connectivity index (χ4v) is 3.33. The van der Waals surface area contributed by atoms with E-state index in [0.717, 1.165) is 23.8 Å². The summed E-state index contributed by atoms with van der Waals surface area (Å²) >= 11 is 0. The number of fused-ring (bicyclic) bond motifs is 1. The summed E-state index contributed by atoms with van der Waals surface area (Å²) in [5.74, 6) is 1.67. The molecule has 2 heterocycles. The van der Waals surface area contributed by atoms with Crippen LogP contribution in [0.25, 0.3) is 28.4 Å². The van der Waals surface area contributed by atoms with Crippen molar-refractivity contribution in [3.63, 3.8) is 0 Å². The lowest BCUT2D eigenvalue weighted by molar-refractivity contribution is -0.111. The highest BCUT2D eigenvalue weighted by Crippen LogP contribution is 2.36. The minimum Gasteiger partial charge on any atom is -0.493 e. The van der Waals surface area contributed by atoms with Crippen molar-refractivity contribution < 1.29 is 13.9 Å². The number of tetrazole rings is 1. The predicted molar refractivity (Wildman–Crippen MR) is 112 cm³/mol. The van der Waals surface area contributed by atoms with E-state index in [9.17, 15) is 4.79 Å². The second kappa shape index (κ2) is 7.47. The second-order valence-electron chi connectivity index (χ2n) is 7.11. The van der Waals surface area contributed by atoms with E-state index in [2.05, 4.69) is 20.8 Å². The summed E-state index contributed by atoms with van der Waals surface area (Å²) in [5, 5.41) is 15.8. The Kier molecular flexibility index (Phi) is 4.51. The molecule has 1 fully saturated rings. The summed E-state index contributed by atoms with van der Waals surface area (Å²) in [4.78, 5) is 12.4. The minimum absolute atomic E-state index is 0.263. The Labute approximate surface area is 172 Å². The number of anilines is 1. The van der Waals surface area contributed by atoms with Crippen LogP contribution in [0.2, 0.25) is 0 Å².